The van der Waals surface area contributed by atoms with Crippen molar-refractivity contribution in [2.45, 2.75) is 6.92 Å². The molecule has 0 saturated carbocycles. The summed E-state index contributed by atoms with van der Waals surface area (Å²) >= 11 is 7.57. The van der Waals surface area contributed by atoms with Crippen molar-refractivity contribution in [1.29, 1.82) is 0 Å². The number of ether oxygens (including phenoxy) is 2. The van der Waals surface area contributed by atoms with E-state index < -0.39 is 0 Å². The van der Waals surface area contributed by atoms with Gasteiger partial charge in [0.05, 0.1) is 11.8 Å². The van der Waals surface area contributed by atoms with Crippen molar-refractivity contribution in [2.75, 3.05) is 57.9 Å². The summed E-state index contributed by atoms with van der Waals surface area (Å²) in [6, 6.07) is 11.0. The largest absolute Gasteiger partial charge is 0.494 e. The normalized spacial score (nSPS) is 14.5. The van der Waals surface area contributed by atoms with E-state index in [2.05, 4.69) is 28.1 Å². The third kappa shape index (κ3) is 5.43. The molecule has 0 radical (unpaired) electrons. The Kier molecular flexibility index (Phi) is 7.34. The number of thiazole rings is 1. The first-order chi connectivity index (χ1) is 15.5. The van der Waals surface area contributed by atoms with Crippen molar-refractivity contribution < 1.29 is 14.3 Å². The van der Waals surface area contributed by atoms with E-state index in [4.69, 9.17) is 26.1 Å². The number of benzene rings is 2. The van der Waals surface area contributed by atoms with Crippen LogP contribution in [0.5, 0.6) is 11.5 Å². The van der Waals surface area contributed by atoms with E-state index in [-0.39, 0.29) is 12.5 Å². The SMILES string of the molecule is COc1ccc(C)c2sc(N3CCN(CCNC(=O)COc4ccc(Cl)cc4)CC3)nc12. The highest BCUT2D eigenvalue weighted by atomic mass is 35.5. The fraction of sp³-hybridized carbons (Fsp3) is 0.391. The number of amides is 1. The number of fused-ring (bicyclic) bond motifs is 1. The number of anilines is 1. The van der Waals surface area contributed by atoms with Gasteiger partial charge < -0.3 is 19.7 Å². The summed E-state index contributed by atoms with van der Waals surface area (Å²) in [5, 5.41) is 4.60. The minimum absolute atomic E-state index is 0.00407. The van der Waals surface area contributed by atoms with Crippen LogP contribution in [0.15, 0.2) is 36.4 Å². The number of piperazine rings is 1. The highest BCUT2D eigenvalue weighted by Gasteiger charge is 2.21. The number of rotatable bonds is 8. The lowest BCUT2D eigenvalue weighted by Gasteiger charge is -2.34. The lowest BCUT2D eigenvalue weighted by Crippen LogP contribution is -2.48. The molecule has 0 spiro atoms. The maximum absolute atomic E-state index is 12.0. The van der Waals surface area contributed by atoms with Crippen LogP contribution in [-0.4, -0.2) is 68.8 Å². The predicted octanol–water partition coefficient (Wildman–Crippen LogP) is 3.58. The van der Waals surface area contributed by atoms with Gasteiger partial charge in [0.15, 0.2) is 11.7 Å². The molecule has 0 unspecified atom stereocenters. The first kappa shape index (κ1) is 22.6. The number of nitrogens with one attached hydrogen (secondary N) is 1. The molecule has 1 aliphatic rings. The molecule has 1 fully saturated rings. The van der Waals surface area contributed by atoms with E-state index in [0.29, 0.717) is 17.3 Å². The van der Waals surface area contributed by atoms with Crippen molar-refractivity contribution in [3.05, 3.63) is 47.0 Å². The lowest BCUT2D eigenvalue weighted by atomic mass is 10.2. The molecule has 4 rings (SSSR count). The number of hydrogen-bond donors (Lipinski definition) is 1. The summed E-state index contributed by atoms with van der Waals surface area (Å²) in [4.78, 5) is 21.6. The van der Waals surface area contributed by atoms with Crippen LogP contribution in [0.25, 0.3) is 10.2 Å². The maximum Gasteiger partial charge on any atom is 0.257 e. The summed E-state index contributed by atoms with van der Waals surface area (Å²) in [5.41, 5.74) is 2.16. The number of carbonyl (C=O) groups excluding carboxylic acids is 1. The summed E-state index contributed by atoms with van der Waals surface area (Å²) in [6.45, 7) is 7.20. The Morgan fingerprint density at radius 2 is 1.91 bits per heavy atom. The van der Waals surface area contributed by atoms with E-state index in [1.54, 1.807) is 42.7 Å². The molecule has 2 aromatic carbocycles. The Labute approximate surface area is 196 Å². The lowest BCUT2D eigenvalue weighted by molar-refractivity contribution is -0.123. The van der Waals surface area contributed by atoms with Gasteiger partial charge in [-0.05, 0) is 42.8 Å². The number of aromatic nitrogens is 1. The zero-order valence-corrected chi connectivity index (χ0v) is 19.8. The molecule has 1 aromatic heterocycles. The Morgan fingerprint density at radius 3 is 2.62 bits per heavy atom. The third-order valence-electron chi connectivity index (χ3n) is 5.49. The molecule has 170 valence electrons. The highest BCUT2D eigenvalue weighted by Crippen LogP contribution is 2.36. The van der Waals surface area contributed by atoms with E-state index in [0.717, 1.165) is 49.1 Å². The Hall–Kier alpha value is -2.55. The molecule has 3 aromatic rings. The molecule has 1 aliphatic heterocycles. The minimum atomic E-state index is -0.127. The fourth-order valence-electron chi connectivity index (χ4n) is 3.65. The van der Waals surface area contributed by atoms with E-state index in [1.165, 1.54) is 10.3 Å². The van der Waals surface area contributed by atoms with Crippen molar-refractivity contribution in [1.82, 2.24) is 15.2 Å². The zero-order valence-electron chi connectivity index (χ0n) is 18.3. The Balaban J connectivity index is 1.20. The minimum Gasteiger partial charge on any atom is -0.494 e. The van der Waals surface area contributed by atoms with Gasteiger partial charge in [0, 0.05) is 44.3 Å². The van der Waals surface area contributed by atoms with E-state index in [1.807, 2.05) is 6.07 Å². The molecule has 7 nitrogen and oxygen atoms in total. The van der Waals surface area contributed by atoms with Gasteiger partial charge in [-0.3, -0.25) is 9.69 Å². The molecule has 1 amide bonds. The van der Waals surface area contributed by atoms with Crippen LogP contribution in [0, 0.1) is 6.92 Å². The second-order valence-corrected chi connectivity index (χ2v) is 9.09. The smallest absolute Gasteiger partial charge is 0.257 e. The molecule has 32 heavy (non-hydrogen) atoms. The standard InChI is InChI=1S/C23H27ClN4O3S/c1-16-3-8-19(30-2)21-22(16)32-23(26-21)28-13-11-27(12-14-28)10-9-25-20(29)15-31-18-6-4-17(24)5-7-18/h3-8H,9-15H2,1-2H3,(H,25,29). The number of carbonyl (C=O) groups is 1. The van der Waals surface area contributed by atoms with Gasteiger partial charge >= 0.3 is 0 Å². The average molecular weight is 475 g/mol. The molecule has 0 atom stereocenters. The summed E-state index contributed by atoms with van der Waals surface area (Å²) in [5.74, 6) is 1.32. The number of hydrogen-bond acceptors (Lipinski definition) is 7. The maximum atomic E-state index is 12.0. The van der Waals surface area contributed by atoms with Crippen molar-refractivity contribution in [2.24, 2.45) is 0 Å². The van der Waals surface area contributed by atoms with E-state index in [9.17, 15) is 4.79 Å². The van der Waals surface area contributed by atoms with Gasteiger partial charge in [0.25, 0.3) is 5.91 Å². The predicted molar refractivity (Wildman–Crippen MR) is 130 cm³/mol. The van der Waals surface area contributed by atoms with Crippen LogP contribution in [-0.2, 0) is 4.79 Å². The first-order valence-corrected chi connectivity index (χ1v) is 11.8. The van der Waals surface area contributed by atoms with Crippen molar-refractivity contribution >= 4 is 44.2 Å². The summed E-state index contributed by atoms with van der Waals surface area (Å²) in [6.07, 6.45) is 0. The first-order valence-electron chi connectivity index (χ1n) is 10.6. The molecule has 0 bridgehead atoms. The molecule has 9 heteroatoms. The Morgan fingerprint density at radius 1 is 1.16 bits per heavy atom. The van der Waals surface area contributed by atoms with Crippen molar-refractivity contribution in [3.8, 4) is 11.5 Å². The van der Waals surface area contributed by atoms with Crippen LogP contribution < -0.4 is 19.7 Å². The second-order valence-electron chi connectivity index (χ2n) is 7.68. The number of nitrogens with zero attached hydrogens (tertiary/aromatic N) is 3. The van der Waals surface area contributed by atoms with E-state index >= 15 is 0 Å². The summed E-state index contributed by atoms with van der Waals surface area (Å²) in [7, 11) is 1.69. The molecular weight excluding hydrogens is 448 g/mol. The third-order valence-corrected chi connectivity index (χ3v) is 6.99. The monoisotopic (exact) mass is 474 g/mol. The zero-order chi connectivity index (χ0) is 22.5. The number of methoxy groups -OCH3 is 1. The van der Waals surface area contributed by atoms with Gasteiger partial charge in [-0.25, -0.2) is 4.98 Å². The molecule has 1 saturated heterocycles. The number of aryl methyl sites for hydroxylation is 1. The van der Waals surface area contributed by atoms with Crippen LogP contribution in [0.3, 0.4) is 0 Å². The van der Waals surface area contributed by atoms with Gasteiger partial charge in [-0.1, -0.05) is 29.0 Å². The number of halogens is 1. The van der Waals surface area contributed by atoms with Crippen LogP contribution in [0.1, 0.15) is 5.56 Å². The Bertz CT molecular complexity index is 1070. The van der Waals surface area contributed by atoms with Crippen LogP contribution >= 0.6 is 22.9 Å². The van der Waals surface area contributed by atoms with Crippen LogP contribution in [0.4, 0.5) is 5.13 Å². The quantitative estimate of drug-likeness (QED) is 0.538. The van der Waals surface area contributed by atoms with Gasteiger partial charge in [-0.2, -0.15) is 0 Å². The molecule has 0 aliphatic carbocycles. The van der Waals surface area contributed by atoms with Gasteiger partial charge in [0.1, 0.15) is 17.0 Å². The summed E-state index contributed by atoms with van der Waals surface area (Å²) < 4.78 is 12.1. The highest BCUT2D eigenvalue weighted by molar-refractivity contribution is 7.22. The topological polar surface area (TPSA) is 66.9 Å². The average Bonchev–Trinajstić information content (AvgIpc) is 3.26. The molecular formula is C23H27ClN4O3S. The fourth-order valence-corrected chi connectivity index (χ4v) is 4.87. The van der Waals surface area contributed by atoms with Gasteiger partial charge in [0.2, 0.25) is 0 Å². The van der Waals surface area contributed by atoms with Crippen LogP contribution in [0.2, 0.25) is 5.02 Å². The second kappa shape index (κ2) is 10.4. The molecule has 1 N–H and O–H groups in total. The van der Waals surface area contributed by atoms with Gasteiger partial charge in [-0.15, -0.1) is 0 Å². The van der Waals surface area contributed by atoms with Crippen molar-refractivity contribution in [3.63, 3.8) is 0 Å². The molecule has 2 heterocycles.